The van der Waals surface area contributed by atoms with Crippen LogP contribution < -0.4 is 9.47 Å². The van der Waals surface area contributed by atoms with Crippen LogP contribution >= 0.6 is 0 Å². The minimum absolute atomic E-state index is 0.0894. The second-order valence-corrected chi connectivity index (χ2v) is 10.5. The van der Waals surface area contributed by atoms with Gasteiger partial charge in [0.2, 0.25) is 0 Å². The molecule has 0 heterocycles. The molecule has 0 atom stereocenters. The Balaban J connectivity index is 1.71. The molecule has 0 aliphatic heterocycles. The second-order valence-electron chi connectivity index (χ2n) is 10.5. The van der Waals surface area contributed by atoms with Crippen LogP contribution in [-0.4, -0.2) is 36.6 Å². The normalized spacial score (nSPS) is 11.6. The highest BCUT2D eigenvalue weighted by molar-refractivity contribution is 5.95. The van der Waals surface area contributed by atoms with E-state index < -0.39 is 5.41 Å². The molecule has 2 N–H and O–H groups in total. The largest absolute Gasteiger partial charge is 0.491 e. The number of hydrogen-bond donors (Lipinski definition) is 2. The third-order valence-corrected chi connectivity index (χ3v) is 8.05. The van der Waals surface area contributed by atoms with Crippen LogP contribution in [0.1, 0.15) is 23.6 Å². The van der Waals surface area contributed by atoms with Crippen molar-refractivity contribution in [1.29, 1.82) is 0 Å². The Labute approximate surface area is 246 Å². The Morgan fingerprint density at radius 1 is 0.500 bits per heavy atom. The molecule has 0 radical (unpaired) electrons. The van der Waals surface area contributed by atoms with Crippen molar-refractivity contribution in [2.45, 2.75) is 12.3 Å². The van der Waals surface area contributed by atoms with Gasteiger partial charge in [0.1, 0.15) is 24.7 Å². The van der Waals surface area contributed by atoms with Gasteiger partial charge in [0.05, 0.1) is 18.6 Å². The minimum atomic E-state index is -0.757. The summed E-state index contributed by atoms with van der Waals surface area (Å²) in [5.74, 6) is 1.41. The van der Waals surface area contributed by atoms with Gasteiger partial charge in [-0.1, -0.05) is 115 Å². The van der Waals surface area contributed by atoms with Crippen molar-refractivity contribution in [3.8, 4) is 22.6 Å². The topological polar surface area (TPSA) is 58.9 Å². The zero-order valence-electron chi connectivity index (χ0n) is 23.7. The molecule has 0 spiro atoms. The fraction of sp³-hybridized carbons (Fsp3) is 0.158. The average Bonchev–Trinajstić information content (AvgIpc) is 3.06. The van der Waals surface area contributed by atoms with E-state index in [2.05, 4.69) is 91.9 Å². The standard InChI is InChI=1S/C38H34O4/c1-38(31-19-15-28(16-20-31)27-9-3-2-4-10-27,36-32-13-7-5-11-29(32)17-21-34(36)41-25-23-39)37-33-14-8-6-12-30(33)18-22-35(37)42-26-24-40/h2-22,39-40H,23-26H2,1H3. The lowest BCUT2D eigenvalue weighted by molar-refractivity contribution is 0.197. The molecule has 6 rings (SSSR count). The maximum absolute atomic E-state index is 9.72. The Morgan fingerprint density at radius 2 is 0.952 bits per heavy atom. The van der Waals surface area contributed by atoms with Crippen molar-refractivity contribution in [3.63, 3.8) is 0 Å². The molecule has 6 aromatic carbocycles. The maximum atomic E-state index is 9.72. The van der Waals surface area contributed by atoms with Gasteiger partial charge in [-0.05, 0) is 57.3 Å². The van der Waals surface area contributed by atoms with Crippen LogP contribution in [-0.2, 0) is 5.41 Å². The van der Waals surface area contributed by atoms with E-state index in [1.807, 2.05) is 42.5 Å². The summed E-state index contributed by atoms with van der Waals surface area (Å²) < 4.78 is 12.6. The van der Waals surface area contributed by atoms with E-state index >= 15 is 0 Å². The monoisotopic (exact) mass is 554 g/mol. The van der Waals surface area contributed by atoms with Crippen molar-refractivity contribution in [1.82, 2.24) is 0 Å². The predicted molar refractivity (Wildman–Crippen MR) is 170 cm³/mol. The van der Waals surface area contributed by atoms with Gasteiger partial charge in [0.15, 0.2) is 0 Å². The van der Waals surface area contributed by atoms with Crippen molar-refractivity contribution < 1.29 is 19.7 Å². The van der Waals surface area contributed by atoms with Crippen LogP contribution in [0.3, 0.4) is 0 Å². The zero-order valence-corrected chi connectivity index (χ0v) is 23.7. The van der Waals surface area contributed by atoms with Gasteiger partial charge >= 0.3 is 0 Å². The smallest absolute Gasteiger partial charge is 0.124 e. The molecule has 0 aliphatic rings. The summed E-state index contributed by atoms with van der Waals surface area (Å²) >= 11 is 0. The number of benzene rings is 6. The number of aliphatic hydroxyl groups excluding tert-OH is 2. The molecule has 0 saturated heterocycles. The molecular weight excluding hydrogens is 520 g/mol. The van der Waals surface area contributed by atoms with Crippen LogP contribution in [0.4, 0.5) is 0 Å². The van der Waals surface area contributed by atoms with Crippen LogP contribution in [0.25, 0.3) is 32.7 Å². The number of hydrogen-bond acceptors (Lipinski definition) is 4. The van der Waals surface area contributed by atoms with Crippen molar-refractivity contribution in [2.75, 3.05) is 26.4 Å². The summed E-state index contributed by atoms with van der Waals surface area (Å²) in [7, 11) is 0. The van der Waals surface area contributed by atoms with Gasteiger partial charge in [-0.15, -0.1) is 0 Å². The molecule has 4 nitrogen and oxygen atoms in total. The first-order valence-electron chi connectivity index (χ1n) is 14.3. The maximum Gasteiger partial charge on any atom is 0.124 e. The van der Waals surface area contributed by atoms with E-state index in [4.69, 9.17) is 9.47 Å². The Bertz CT molecular complexity index is 1720. The Hall–Kier alpha value is -4.64. The molecule has 0 fully saturated rings. The zero-order chi connectivity index (χ0) is 28.9. The van der Waals surface area contributed by atoms with Gasteiger partial charge in [0, 0.05) is 11.1 Å². The first-order chi connectivity index (χ1) is 20.6. The third kappa shape index (κ3) is 5.00. The summed E-state index contributed by atoms with van der Waals surface area (Å²) in [5, 5.41) is 23.7. The number of aliphatic hydroxyl groups is 2. The summed E-state index contributed by atoms with van der Waals surface area (Å²) in [6.45, 7) is 2.41. The average molecular weight is 555 g/mol. The van der Waals surface area contributed by atoms with Crippen LogP contribution in [0.5, 0.6) is 11.5 Å². The number of ether oxygens (including phenoxy) is 2. The molecule has 0 saturated carbocycles. The van der Waals surface area contributed by atoms with Gasteiger partial charge in [-0.2, -0.15) is 0 Å². The highest BCUT2D eigenvalue weighted by atomic mass is 16.5. The lowest BCUT2D eigenvalue weighted by Gasteiger charge is -2.36. The van der Waals surface area contributed by atoms with Gasteiger partial charge in [-0.3, -0.25) is 0 Å². The summed E-state index contributed by atoms with van der Waals surface area (Å²) in [6.07, 6.45) is 0. The van der Waals surface area contributed by atoms with E-state index in [0.717, 1.165) is 49.4 Å². The van der Waals surface area contributed by atoms with Crippen LogP contribution in [0.2, 0.25) is 0 Å². The summed E-state index contributed by atoms with van der Waals surface area (Å²) in [4.78, 5) is 0. The SMILES string of the molecule is CC(c1ccc(-c2ccccc2)cc1)(c1c(OCCO)ccc2ccccc12)c1c(OCCO)ccc2ccccc12. The molecule has 6 aromatic rings. The number of fused-ring (bicyclic) bond motifs is 2. The lowest BCUT2D eigenvalue weighted by atomic mass is 9.67. The molecule has 0 unspecified atom stereocenters. The van der Waals surface area contributed by atoms with Gasteiger partial charge in [-0.25, -0.2) is 0 Å². The Morgan fingerprint density at radius 3 is 1.45 bits per heavy atom. The van der Waals surface area contributed by atoms with Crippen molar-refractivity contribution in [3.05, 3.63) is 144 Å². The minimum Gasteiger partial charge on any atom is -0.491 e. The second kappa shape index (κ2) is 12.1. The Kier molecular flexibility index (Phi) is 7.91. The molecule has 0 aliphatic carbocycles. The van der Waals surface area contributed by atoms with Crippen molar-refractivity contribution >= 4 is 21.5 Å². The molecule has 42 heavy (non-hydrogen) atoms. The lowest BCUT2D eigenvalue weighted by Crippen LogP contribution is -2.28. The molecule has 210 valence electrons. The van der Waals surface area contributed by atoms with Crippen LogP contribution in [0, 0.1) is 0 Å². The quantitative estimate of drug-likeness (QED) is 0.170. The molecular formula is C38H34O4. The van der Waals surface area contributed by atoms with E-state index in [0.29, 0.717) is 11.5 Å². The highest BCUT2D eigenvalue weighted by Gasteiger charge is 2.39. The number of rotatable bonds is 10. The van der Waals surface area contributed by atoms with E-state index in [-0.39, 0.29) is 26.4 Å². The molecule has 0 aromatic heterocycles. The summed E-state index contributed by atoms with van der Waals surface area (Å²) in [5.41, 5.74) is 4.58. The fourth-order valence-electron chi connectivity index (χ4n) is 6.13. The first-order valence-corrected chi connectivity index (χ1v) is 14.3. The van der Waals surface area contributed by atoms with Gasteiger partial charge < -0.3 is 19.7 Å². The predicted octanol–water partition coefficient (Wildman–Crippen LogP) is 7.76. The van der Waals surface area contributed by atoms with E-state index in [1.165, 1.54) is 0 Å². The molecule has 0 amide bonds. The summed E-state index contributed by atoms with van der Waals surface area (Å²) in [6, 6.07) is 43.9. The molecule has 4 heteroatoms. The van der Waals surface area contributed by atoms with Crippen LogP contribution in [0.15, 0.2) is 127 Å². The molecule has 0 bridgehead atoms. The van der Waals surface area contributed by atoms with Gasteiger partial charge in [0.25, 0.3) is 0 Å². The van der Waals surface area contributed by atoms with E-state index in [1.54, 1.807) is 0 Å². The van der Waals surface area contributed by atoms with Crippen molar-refractivity contribution in [2.24, 2.45) is 0 Å². The fourth-order valence-corrected chi connectivity index (χ4v) is 6.13. The first kappa shape index (κ1) is 27.5. The third-order valence-electron chi connectivity index (χ3n) is 8.05. The van der Waals surface area contributed by atoms with E-state index in [9.17, 15) is 10.2 Å². The highest BCUT2D eigenvalue weighted by Crippen LogP contribution is 2.51.